The molecule has 2 heterocycles. The van der Waals surface area contributed by atoms with Crippen LogP contribution in [0.5, 0.6) is 0 Å². The minimum absolute atomic E-state index is 0.0884. The molecule has 0 bridgehead atoms. The fraction of sp³-hybridized carbons (Fsp3) is 0.278. The van der Waals surface area contributed by atoms with Gasteiger partial charge < -0.3 is 5.32 Å². The summed E-state index contributed by atoms with van der Waals surface area (Å²) in [6.07, 6.45) is 1.74. The lowest BCUT2D eigenvalue weighted by Gasteiger charge is -2.07. The predicted molar refractivity (Wildman–Crippen MR) is 101 cm³/mol. The van der Waals surface area contributed by atoms with Crippen LogP contribution in [0.3, 0.4) is 0 Å². The van der Waals surface area contributed by atoms with Crippen molar-refractivity contribution in [2.45, 2.75) is 33.4 Å². The Labute approximate surface area is 154 Å². The van der Waals surface area contributed by atoms with Crippen LogP contribution in [0.1, 0.15) is 22.4 Å². The van der Waals surface area contributed by atoms with Crippen LogP contribution in [0, 0.1) is 13.8 Å². The van der Waals surface area contributed by atoms with Gasteiger partial charge in [-0.05, 0) is 37.1 Å². The molecule has 3 aromatic rings. The van der Waals surface area contributed by atoms with Crippen LogP contribution < -0.4 is 10.9 Å². The minimum atomic E-state index is -0.120. The summed E-state index contributed by atoms with van der Waals surface area (Å²) in [6, 6.07) is 7.34. The van der Waals surface area contributed by atoms with Gasteiger partial charge in [0.05, 0.1) is 11.7 Å². The number of carbonyl (C=O) groups is 1. The van der Waals surface area contributed by atoms with Gasteiger partial charge in [0, 0.05) is 29.4 Å². The number of thiophene rings is 1. The molecule has 7 heteroatoms. The van der Waals surface area contributed by atoms with E-state index in [0.717, 1.165) is 20.8 Å². The predicted octanol–water partition coefficient (Wildman–Crippen LogP) is 3.43. The van der Waals surface area contributed by atoms with Crippen LogP contribution in [0.2, 0.25) is 5.02 Å². The standard InChI is InChI=1S/C18H18ClN3O2S/c1-11-12(2)25-17-16(11)18(24)22(10-21-17)7-6-15(23)20-9-13-4-3-5-14(19)8-13/h3-5,8,10H,6-7,9H2,1-2H3,(H,20,23). The quantitative estimate of drug-likeness (QED) is 0.743. The van der Waals surface area contributed by atoms with Crippen molar-refractivity contribution in [1.29, 1.82) is 0 Å². The van der Waals surface area contributed by atoms with Crippen LogP contribution in [0.25, 0.3) is 10.2 Å². The van der Waals surface area contributed by atoms with Crippen molar-refractivity contribution in [3.8, 4) is 0 Å². The van der Waals surface area contributed by atoms with E-state index in [-0.39, 0.29) is 17.9 Å². The van der Waals surface area contributed by atoms with Crippen molar-refractivity contribution in [1.82, 2.24) is 14.9 Å². The van der Waals surface area contributed by atoms with Crippen molar-refractivity contribution in [3.05, 3.63) is 62.0 Å². The van der Waals surface area contributed by atoms with E-state index in [1.165, 1.54) is 22.2 Å². The number of amides is 1. The molecule has 1 N–H and O–H groups in total. The van der Waals surface area contributed by atoms with Crippen molar-refractivity contribution >= 4 is 39.1 Å². The second-order valence-corrected chi connectivity index (χ2v) is 7.50. The number of aryl methyl sites for hydroxylation is 3. The van der Waals surface area contributed by atoms with E-state index >= 15 is 0 Å². The monoisotopic (exact) mass is 375 g/mol. The van der Waals surface area contributed by atoms with Gasteiger partial charge in [-0.3, -0.25) is 14.2 Å². The number of nitrogens with zero attached hydrogens (tertiary/aromatic N) is 2. The van der Waals surface area contributed by atoms with Gasteiger partial charge in [-0.1, -0.05) is 23.7 Å². The van der Waals surface area contributed by atoms with E-state index < -0.39 is 0 Å². The zero-order valence-corrected chi connectivity index (χ0v) is 15.6. The van der Waals surface area contributed by atoms with Crippen molar-refractivity contribution in [2.24, 2.45) is 0 Å². The molecule has 0 spiro atoms. The smallest absolute Gasteiger partial charge is 0.262 e. The fourth-order valence-electron chi connectivity index (χ4n) is 2.59. The summed E-state index contributed by atoms with van der Waals surface area (Å²) in [5, 5.41) is 4.13. The summed E-state index contributed by atoms with van der Waals surface area (Å²) in [5.41, 5.74) is 1.82. The average molecular weight is 376 g/mol. The van der Waals surface area contributed by atoms with Crippen LogP contribution in [0.4, 0.5) is 0 Å². The summed E-state index contributed by atoms with van der Waals surface area (Å²) in [6.45, 7) is 4.62. The second kappa shape index (κ2) is 7.37. The summed E-state index contributed by atoms with van der Waals surface area (Å²) in [7, 11) is 0. The molecule has 5 nitrogen and oxygen atoms in total. The molecular weight excluding hydrogens is 358 g/mol. The Morgan fingerprint density at radius 2 is 2.16 bits per heavy atom. The van der Waals surface area contributed by atoms with Crippen molar-refractivity contribution < 1.29 is 4.79 Å². The molecule has 1 aromatic carbocycles. The SMILES string of the molecule is Cc1sc2ncn(CCC(=O)NCc3cccc(Cl)c3)c(=O)c2c1C. The van der Waals surface area contributed by atoms with Crippen LogP contribution in [-0.2, 0) is 17.9 Å². The molecule has 25 heavy (non-hydrogen) atoms. The number of benzene rings is 1. The maximum atomic E-state index is 12.6. The van der Waals surface area contributed by atoms with E-state index in [0.29, 0.717) is 23.5 Å². The summed E-state index contributed by atoms with van der Waals surface area (Å²) in [5.74, 6) is -0.120. The number of nitrogens with one attached hydrogen (secondary N) is 1. The number of hydrogen-bond acceptors (Lipinski definition) is 4. The Kier molecular flexibility index (Phi) is 5.20. The summed E-state index contributed by atoms with van der Waals surface area (Å²) < 4.78 is 1.50. The Hall–Kier alpha value is -2.18. The molecule has 2 aromatic heterocycles. The Bertz CT molecular complexity index is 994. The third kappa shape index (κ3) is 3.91. The lowest BCUT2D eigenvalue weighted by Crippen LogP contribution is -2.27. The lowest BCUT2D eigenvalue weighted by atomic mass is 10.2. The molecule has 0 aliphatic rings. The molecule has 130 valence electrons. The first-order chi connectivity index (χ1) is 12.0. The van der Waals surface area contributed by atoms with Gasteiger partial charge in [0.25, 0.3) is 5.56 Å². The highest BCUT2D eigenvalue weighted by atomic mass is 35.5. The highest BCUT2D eigenvalue weighted by molar-refractivity contribution is 7.18. The van der Waals surface area contributed by atoms with Gasteiger partial charge in [-0.2, -0.15) is 0 Å². The Morgan fingerprint density at radius 1 is 1.36 bits per heavy atom. The van der Waals surface area contributed by atoms with Crippen molar-refractivity contribution in [2.75, 3.05) is 0 Å². The summed E-state index contributed by atoms with van der Waals surface area (Å²) in [4.78, 5) is 30.8. The largest absolute Gasteiger partial charge is 0.352 e. The van der Waals surface area contributed by atoms with Gasteiger partial charge in [-0.25, -0.2) is 4.98 Å². The maximum absolute atomic E-state index is 12.6. The number of carbonyl (C=O) groups excluding carboxylic acids is 1. The molecule has 3 rings (SSSR count). The van der Waals surface area contributed by atoms with E-state index in [1.807, 2.05) is 32.0 Å². The molecule has 0 aliphatic carbocycles. The Morgan fingerprint density at radius 3 is 2.92 bits per heavy atom. The first-order valence-corrected chi connectivity index (χ1v) is 9.11. The van der Waals surface area contributed by atoms with E-state index in [9.17, 15) is 9.59 Å². The van der Waals surface area contributed by atoms with Gasteiger partial charge in [-0.15, -0.1) is 11.3 Å². The van der Waals surface area contributed by atoms with Gasteiger partial charge in [0.2, 0.25) is 5.91 Å². The third-order valence-electron chi connectivity index (χ3n) is 4.11. The second-order valence-electron chi connectivity index (χ2n) is 5.86. The number of rotatable bonds is 5. The molecule has 0 saturated carbocycles. The number of fused-ring (bicyclic) bond motifs is 1. The first-order valence-electron chi connectivity index (χ1n) is 7.92. The van der Waals surface area contributed by atoms with E-state index in [2.05, 4.69) is 10.3 Å². The van der Waals surface area contributed by atoms with E-state index in [1.54, 1.807) is 6.07 Å². The molecule has 1 amide bonds. The number of hydrogen-bond donors (Lipinski definition) is 1. The molecule has 0 fully saturated rings. The molecular formula is C18H18ClN3O2S. The van der Waals surface area contributed by atoms with Gasteiger partial charge in [0.15, 0.2) is 0 Å². The van der Waals surface area contributed by atoms with Crippen LogP contribution in [0.15, 0.2) is 35.4 Å². The first kappa shape index (κ1) is 17.6. The fourth-order valence-corrected chi connectivity index (χ4v) is 3.79. The highest BCUT2D eigenvalue weighted by Crippen LogP contribution is 2.25. The van der Waals surface area contributed by atoms with Crippen LogP contribution >= 0.6 is 22.9 Å². The maximum Gasteiger partial charge on any atom is 0.262 e. The molecule has 0 aliphatic heterocycles. The zero-order chi connectivity index (χ0) is 18.0. The zero-order valence-electron chi connectivity index (χ0n) is 14.0. The molecule has 0 saturated heterocycles. The van der Waals surface area contributed by atoms with Crippen LogP contribution in [-0.4, -0.2) is 15.5 Å². The van der Waals surface area contributed by atoms with Gasteiger partial charge in [0.1, 0.15) is 4.83 Å². The number of halogens is 1. The molecule has 0 atom stereocenters. The Balaban J connectivity index is 1.64. The molecule has 0 unspecified atom stereocenters. The molecule has 0 radical (unpaired) electrons. The summed E-state index contributed by atoms with van der Waals surface area (Å²) >= 11 is 7.44. The topological polar surface area (TPSA) is 64.0 Å². The number of aromatic nitrogens is 2. The minimum Gasteiger partial charge on any atom is -0.352 e. The van der Waals surface area contributed by atoms with Crippen molar-refractivity contribution in [3.63, 3.8) is 0 Å². The van der Waals surface area contributed by atoms with Gasteiger partial charge >= 0.3 is 0 Å². The highest BCUT2D eigenvalue weighted by Gasteiger charge is 2.12. The van der Waals surface area contributed by atoms with E-state index in [4.69, 9.17) is 11.6 Å². The third-order valence-corrected chi connectivity index (χ3v) is 5.46. The lowest BCUT2D eigenvalue weighted by molar-refractivity contribution is -0.121. The normalized spacial score (nSPS) is 11.0. The average Bonchev–Trinajstić information content (AvgIpc) is 2.87.